The minimum Gasteiger partial charge on any atom is -0.363 e. The molecule has 0 unspecified atom stereocenters. The molecule has 6 heteroatoms. The number of anilines is 2. The lowest BCUT2D eigenvalue weighted by molar-refractivity contribution is 0.883. The summed E-state index contributed by atoms with van der Waals surface area (Å²) in [4.78, 5) is 6.05. The van der Waals surface area contributed by atoms with E-state index in [1.54, 1.807) is 13.2 Å². The standard InChI is InChI=1S/C9H12ClN5/c1-11-14-7-5-15(2)8-6(13-7)3-4-12-9(8)10/h3-4,11H,5H2,1-2H3,(H,13,14). The summed E-state index contributed by atoms with van der Waals surface area (Å²) in [6.07, 6.45) is 1.67. The Morgan fingerprint density at radius 1 is 1.67 bits per heavy atom. The number of nitrogens with zero attached hydrogens (tertiary/aromatic N) is 3. The van der Waals surface area contributed by atoms with Gasteiger partial charge >= 0.3 is 0 Å². The van der Waals surface area contributed by atoms with Gasteiger partial charge in [-0.25, -0.2) is 4.98 Å². The third-order valence-electron chi connectivity index (χ3n) is 2.17. The van der Waals surface area contributed by atoms with Gasteiger partial charge in [0.2, 0.25) is 0 Å². The average Bonchev–Trinajstić information content (AvgIpc) is 2.17. The minimum absolute atomic E-state index is 0.506. The molecular weight excluding hydrogens is 214 g/mol. The first-order valence-electron chi connectivity index (χ1n) is 4.58. The van der Waals surface area contributed by atoms with Gasteiger partial charge in [0.1, 0.15) is 5.84 Å². The van der Waals surface area contributed by atoms with E-state index in [1.165, 1.54) is 0 Å². The first kappa shape index (κ1) is 10.0. The average molecular weight is 226 g/mol. The molecule has 1 aromatic heterocycles. The second kappa shape index (κ2) is 3.94. The van der Waals surface area contributed by atoms with Crippen LogP contribution >= 0.6 is 11.6 Å². The van der Waals surface area contributed by atoms with Gasteiger partial charge in [-0.2, -0.15) is 5.10 Å². The summed E-state index contributed by atoms with van der Waals surface area (Å²) in [5, 5.41) is 7.81. The highest BCUT2D eigenvalue weighted by molar-refractivity contribution is 6.33. The van der Waals surface area contributed by atoms with Crippen LogP contribution in [0.1, 0.15) is 0 Å². The number of hydrogen-bond acceptors (Lipinski definition) is 4. The molecule has 0 atom stereocenters. The van der Waals surface area contributed by atoms with Crippen LogP contribution < -0.4 is 15.6 Å². The first-order valence-corrected chi connectivity index (χ1v) is 4.96. The third-order valence-corrected chi connectivity index (χ3v) is 2.45. The zero-order valence-corrected chi connectivity index (χ0v) is 9.34. The summed E-state index contributed by atoms with van der Waals surface area (Å²) in [6.45, 7) is 0.680. The highest BCUT2D eigenvalue weighted by atomic mass is 35.5. The van der Waals surface area contributed by atoms with Gasteiger partial charge in [0, 0.05) is 20.3 Å². The van der Waals surface area contributed by atoms with Crippen LogP contribution in [0.15, 0.2) is 17.4 Å². The molecule has 0 saturated carbocycles. The van der Waals surface area contributed by atoms with Gasteiger partial charge in [0.25, 0.3) is 0 Å². The number of likely N-dealkylation sites (N-methyl/N-ethyl adjacent to an activating group) is 1. The van der Waals surface area contributed by atoms with Crippen LogP contribution in [-0.2, 0) is 0 Å². The van der Waals surface area contributed by atoms with Crippen LogP contribution in [-0.4, -0.2) is 31.5 Å². The van der Waals surface area contributed by atoms with Gasteiger partial charge in [-0.3, -0.25) is 0 Å². The fourth-order valence-corrected chi connectivity index (χ4v) is 1.89. The van der Waals surface area contributed by atoms with Crippen LogP contribution in [0.3, 0.4) is 0 Å². The molecule has 1 aliphatic heterocycles. The largest absolute Gasteiger partial charge is 0.363 e. The maximum absolute atomic E-state index is 6.01. The van der Waals surface area contributed by atoms with Crippen LogP contribution in [0.2, 0.25) is 5.15 Å². The number of pyridine rings is 1. The van der Waals surface area contributed by atoms with Gasteiger partial charge in [0.15, 0.2) is 5.15 Å². The van der Waals surface area contributed by atoms with Crippen molar-refractivity contribution in [3.8, 4) is 0 Å². The first-order chi connectivity index (χ1) is 7.22. The molecule has 2 N–H and O–H groups in total. The summed E-state index contributed by atoms with van der Waals surface area (Å²) >= 11 is 6.01. The van der Waals surface area contributed by atoms with E-state index in [0.717, 1.165) is 17.2 Å². The maximum atomic E-state index is 6.01. The van der Waals surface area contributed by atoms with Gasteiger partial charge in [-0.15, -0.1) is 0 Å². The molecule has 2 heterocycles. The molecule has 0 saturated heterocycles. The summed E-state index contributed by atoms with van der Waals surface area (Å²) in [6, 6.07) is 1.88. The third kappa shape index (κ3) is 1.83. The van der Waals surface area contributed by atoms with Crippen molar-refractivity contribution in [3.63, 3.8) is 0 Å². The molecule has 0 fully saturated rings. The highest BCUT2D eigenvalue weighted by Crippen LogP contribution is 2.33. The summed E-state index contributed by atoms with van der Waals surface area (Å²) in [5.41, 5.74) is 4.59. The van der Waals surface area contributed by atoms with Crippen molar-refractivity contribution in [3.05, 3.63) is 17.4 Å². The Morgan fingerprint density at radius 3 is 3.20 bits per heavy atom. The fraction of sp³-hybridized carbons (Fsp3) is 0.333. The fourth-order valence-electron chi connectivity index (χ4n) is 1.59. The Hall–Kier alpha value is -1.49. The Morgan fingerprint density at radius 2 is 2.47 bits per heavy atom. The monoisotopic (exact) mass is 225 g/mol. The molecule has 0 spiro atoms. The number of hydrazone groups is 1. The Kier molecular flexibility index (Phi) is 2.64. The maximum Gasteiger partial charge on any atom is 0.154 e. The van der Waals surface area contributed by atoms with Crippen LogP contribution in [0.5, 0.6) is 0 Å². The van der Waals surface area contributed by atoms with Gasteiger partial charge in [-0.05, 0) is 6.07 Å². The number of nitrogens with one attached hydrogen (secondary N) is 2. The SMILES string of the molecule is CN/N=C1/CN(C)c2c(ccnc2Cl)N1. The Balaban J connectivity index is 2.41. The van der Waals surface area contributed by atoms with Gasteiger partial charge < -0.3 is 15.6 Å². The van der Waals surface area contributed by atoms with E-state index in [0.29, 0.717) is 11.7 Å². The lowest BCUT2D eigenvalue weighted by atomic mass is 10.2. The van der Waals surface area contributed by atoms with Crippen molar-refractivity contribution in [1.82, 2.24) is 10.4 Å². The molecule has 0 amide bonds. The van der Waals surface area contributed by atoms with Crippen molar-refractivity contribution >= 4 is 28.8 Å². The summed E-state index contributed by atoms with van der Waals surface area (Å²) in [7, 11) is 3.72. The number of halogens is 1. The lowest BCUT2D eigenvalue weighted by Crippen LogP contribution is -2.36. The number of rotatable bonds is 1. The lowest BCUT2D eigenvalue weighted by Gasteiger charge is -2.29. The molecular formula is C9H12ClN5. The Bertz CT molecular complexity index is 403. The predicted octanol–water partition coefficient (Wildman–Crippen LogP) is 1.13. The molecule has 0 aliphatic carbocycles. The second-order valence-electron chi connectivity index (χ2n) is 3.26. The molecule has 1 aliphatic rings. The normalized spacial score (nSPS) is 17.3. The zero-order chi connectivity index (χ0) is 10.8. The van der Waals surface area contributed by atoms with E-state index < -0.39 is 0 Å². The molecule has 15 heavy (non-hydrogen) atoms. The molecule has 1 aromatic rings. The molecule has 80 valence electrons. The Labute approximate surface area is 93.1 Å². The number of amidine groups is 1. The van der Waals surface area contributed by atoms with Crippen LogP contribution in [0.25, 0.3) is 0 Å². The predicted molar refractivity (Wildman–Crippen MR) is 62.6 cm³/mol. The molecule has 5 nitrogen and oxygen atoms in total. The van der Waals surface area contributed by atoms with E-state index in [-0.39, 0.29) is 0 Å². The smallest absolute Gasteiger partial charge is 0.154 e. The van der Waals surface area contributed by atoms with Gasteiger partial charge in [-0.1, -0.05) is 11.6 Å². The van der Waals surface area contributed by atoms with Crippen molar-refractivity contribution in [1.29, 1.82) is 0 Å². The summed E-state index contributed by atoms with van der Waals surface area (Å²) < 4.78 is 0. The molecule has 0 radical (unpaired) electrons. The van der Waals surface area contributed by atoms with E-state index >= 15 is 0 Å². The van der Waals surface area contributed by atoms with Gasteiger partial charge in [0.05, 0.1) is 17.9 Å². The molecule has 0 aromatic carbocycles. The zero-order valence-electron chi connectivity index (χ0n) is 8.58. The minimum atomic E-state index is 0.506. The van der Waals surface area contributed by atoms with Crippen LogP contribution in [0, 0.1) is 0 Å². The van der Waals surface area contributed by atoms with Crippen molar-refractivity contribution in [2.24, 2.45) is 5.10 Å². The van der Waals surface area contributed by atoms with E-state index in [2.05, 4.69) is 20.8 Å². The molecule has 2 rings (SSSR count). The van der Waals surface area contributed by atoms with Crippen LogP contribution in [0.4, 0.5) is 11.4 Å². The van der Waals surface area contributed by atoms with Crippen molar-refractivity contribution in [2.75, 3.05) is 30.9 Å². The number of hydrogen-bond donors (Lipinski definition) is 2. The summed E-state index contributed by atoms with van der Waals surface area (Å²) in [5.74, 6) is 0.856. The second-order valence-corrected chi connectivity index (χ2v) is 3.62. The topological polar surface area (TPSA) is 52.6 Å². The number of fused-ring (bicyclic) bond motifs is 1. The quantitative estimate of drug-likeness (QED) is 0.556. The van der Waals surface area contributed by atoms with E-state index in [4.69, 9.17) is 11.6 Å². The van der Waals surface area contributed by atoms with E-state index in [1.807, 2.05) is 18.0 Å². The molecule has 0 bridgehead atoms. The number of aromatic nitrogens is 1. The van der Waals surface area contributed by atoms with Crippen molar-refractivity contribution < 1.29 is 0 Å². The van der Waals surface area contributed by atoms with E-state index in [9.17, 15) is 0 Å². The highest BCUT2D eigenvalue weighted by Gasteiger charge is 2.20. The van der Waals surface area contributed by atoms with Crippen molar-refractivity contribution in [2.45, 2.75) is 0 Å².